The number of ether oxygens (including phenoxy) is 1. The molecule has 2 aliphatic rings. The molecular formula is C27H33N3O5S. The average molecular weight is 512 g/mol. The number of sulfonamides is 1. The van der Waals surface area contributed by atoms with Crippen molar-refractivity contribution in [3.8, 4) is 17.6 Å². The number of hydrogen-bond acceptors (Lipinski definition) is 6. The summed E-state index contributed by atoms with van der Waals surface area (Å²) in [6.45, 7) is 3.80. The molecular weight excluding hydrogens is 478 g/mol. The van der Waals surface area contributed by atoms with Crippen LogP contribution in [0.15, 0.2) is 47.6 Å². The maximum absolute atomic E-state index is 13.6. The van der Waals surface area contributed by atoms with Crippen molar-refractivity contribution < 1.29 is 23.1 Å². The van der Waals surface area contributed by atoms with Gasteiger partial charge in [0, 0.05) is 55.0 Å². The van der Waals surface area contributed by atoms with Gasteiger partial charge >= 0.3 is 0 Å². The van der Waals surface area contributed by atoms with Crippen molar-refractivity contribution >= 4 is 15.9 Å². The highest BCUT2D eigenvalue weighted by atomic mass is 32.2. The Bertz CT molecular complexity index is 1250. The maximum atomic E-state index is 13.6. The van der Waals surface area contributed by atoms with Crippen molar-refractivity contribution in [2.75, 3.05) is 26.7 Å². The Morgan fingerprint density at radius 3 is 2.56 bits per heavy atom. The van der Waals surface area contributed by atoms with Crippen LogP contribution in [-0.4, -0.2) is 72.5 Å². The number of amides is 1. The van der Waals surface area contributed by atoms with Gasteiger partial charge in [-0.25, -0.2) is 8.42 Å². The van der Waals surface area contributed by atoms with Crippen molar-refractivity contribution in [3.05, 3.63) is 53.9 Å². The Labute approximate surface area is 213 Å². The fourth-order valence-corrected chi connectivity index (χ4v) is 6.25. The van der Waals surface area contributed by atoms with Gasteiger partial charge < -0.3 is 14.7 Å². The second-order valence-corrected chi connectivity index (χ2v) is 11.6. The second kappa shape index (κ2) is 11.0. The van der Waals surface area contributed by atoms with Crippen LogP contribution in [-0.2, 0) is 14.8 Å². The van der Waals surface area contributed by atoms with Gasteiger partial charge in [0.1, 0.15) is 16.7 Å². The molecule has 36 heavy (non-hydrogen) atoms. The number of hydrogen-bond donors (Lipinski definition) is 1. The van der Waals surface area contributed by atoms with Crippen LogP contribution in [0.25, 0.3) is 0 Å². The summed E-state index contributed by atoms with van der Waals surface area (Å²) in [7, 11) is -2.16. The van der Waals surface area contributed by atoms with E-state index in [0.29, 0.717) is 12.1 Å². The van der Waals surface area contributed by atoms with Crippen molar-refractivity contribution in [2.45, 2.75) is 50.2 Å². The summed E-state index contributed by atoms with van der Waals surface area (Å²) >= 11 is 0. The zero-order chi connectivity index (χ0) is 25.9. The van der Waals surface area contributed by atoms with E-state index in [1.165, 1.54) is 10.4 Å². The predicted molar refractivity (Wildman–Crippen MR) is 136 cm³/mol. The standard InChI is InChI=1S/C27H33N3O5S/c1-19-16-30(20(2)18-31)36(33,34)26-10-9-22(8-7-21-11-13-28-14-12-21)15-24(26)35-25(19)17-29(3)27(32)23-5-4-6-23/h9-15,19-20,23,25,31H,4-6,16-18H2,1-3H3/t19-,20+,25+/m1/s1. The van der Waals surface area contributed by atoms with Gasteiger partial charge in [0.05, 0.1) is 13.2 Å². The Morgan fingerprint density at radius 2 is 1.92 bits per heavy atom. The van der Waals surface area contributed by atoms with Crippen LogP contribution < -0.4 is 4.74 Å². The van der Waals surface area contributed by atoms with Crippen LogP contribution in [0.5, 0.6) is 5.75 Å². The number of carbonyl (C=O) groups is 1. The van der Waals surface area contributed by atoms with E-state index in [0.717, 1.165) is 24.8 Å². The summed E-state index contributed by atoms with van der Waals surface area (Å²) in [5.41, 5.74) is 1.39. The number of benzene rings is 1. The molecule has 1 saturated carbocycles. The van der Waals surface area contributed by atoms with Gasteiger partial charge in [-0.05, 0) is 50.1 Å². The number of aromatic nitrogens is 1. The molecule has 2 heterocycles. The molecule has 192 valence electrons. The summed E-state index contributed by atoms with van der Waals surface area (Å²) < 4.78 is 34.9. The lowest BCUT2D eigenvalue weighted by atomic mass is 9.84. The Balaban J connectivity index is 1.71. The number of carbonyl (C=O) groups excluding carboxylic acids is 1. The quantitative estimate of drug-likeness (QED) is 0.620. The van der Waals surface area contributed by atoms with Crippen molar-refractivity contribution in [1.82, 2.24) is 14.2 Å². The highest BCUT2D eigenvalue weighted by Crippen LogP contribution is 2.35. The van der Waals surface area contributed by atoms with Gasteiger partial charge in [0.2, 0.25) is 15.9 Å². The topological polar surface area (TPSA) is 100 Å². The van der Waals surface area contributed by atoms with E-state index in [9.17, 15) is 18.3 Å². The minimum atomic E-state index is -3.94. The van der Waals surface area contributed by atoms with E-state index < -0.39 is 22.2 Å². The fourth-order valence-electron chi connectivity index (χ4n) is 4.43. The maximum Gasteiger partial charge on any atom is 0.247 e. The second-order valence-electron chi connectivity index (χ2n) is 9.73. The first kappa shape index (κ1) is 26.1. The molecule has 1 aromatic heterocycles. The molecule has 3 atom stereocenters. The van der Waals surface area contributed by atoms with Crippen molar-refractivity contribution in [1.29, 1.82) is 0 Å². The highest BCUT2D eigenvalue weighted by molar-refractivity contribution is 7.89. The van der Waals surface area contributed by atoms with Gasteiger partial charge in [0.25, 0.3) is 0 Å². The van der Waals surface area contributed by atoms with Crippen LogP contribution in [0.2, 0.25) is 0 Å². The molecule has 1 N–H and O–H groups in total. The molecule has 9 heteroatoms. The van der Waals surface area contributed by atoms with Gasteiger partial charge in [-0.2, -0.15) is 4.31 Å². The largest absolute Gasteiger partial charge is 0.487 e. The third kappa shape index (κ3) is 5.56. The number of rotatable bonds is 5. The lowest BCUT2D eigenvalue weighted by Gasteiger charge is -2.38. The monoisotopic (exact) mass is 511 g/mol. The van der Waals surface area contributed by atoms with E-state index >= 15 is 0 Å². The van der Waals surface area contributed by atoms with Crippen molar-refractivity contribution in [3.63, 3.8) is 0 Å². The number of nitrogens with zero attached hydrogens (tertiary/aromatic N) is 3. The molecule has 0 radical (unpaired) electrons. The molecule has 0 bridgehead atoms. The van der Waals surface area contributed by atoms with E-state index in [2.05, 4.69) is 16.8 Å². The van der Waals surface area contributed by atoms with E-state index in [1.54, 1.807) is 55.5 Å². The lowest BCUT2D eigenvalue weighted by molar-refractivity contribution is -0.138. The van der Waals surface area contributed by atoms with E-state index in [1.807, 2.05) is 6.92 Å². The predicted octanol–water partition coefficient (Wildman–Crippen LogP) is 2.51. The number of likely N-dealkylation sites (N-methyl/N-ethyl adjacent to an activating group) is 1. The Kier molecular flexibility index (Phi) is 7.98. The summed E-state index contributed by atoms with van der Waals surface area (Å²) in [5.74, 6) is 6.25. The summed E-state index contributed by atoms with van der Waals surface area (Å²) in [5, 5.41) is 9.80. The summed E-state index contributed by atoms with van der Waals surface area (Å²) in [6.07, 6.45) is 5.77. The zero-order valence-corrected chi connectivity index (χ0v) is 21.7. The lowest BCUT2D eigenvalue weighted by Crippen LogP contribution is -2.50. The number of pyridine rings is 1. The van der Waals surface area contributed by atoms with Crippen LogP contribution in [0.1, 0.15) is 44.2 Å². The number of aliphatic hydroxyl groups is 1. The molecule has 2 aromatic rings. The molecule has 1 amide bonds. The molecule has 8 nitrogen and oxygen atoms in total. The summed E-state index contributed by atoms with van der Waals surface area (Å²) in [6, 6.07) is 7.79. The highest BCUT2D eigenvalue weighted by Gasteiger charge is 2.39. The molecule has 0 saturated heterocycles. The van der Waals surface area contributed by atoms with Crippen molar-refractivity contribution in [2.24, 2.45) is 11.8 Å². The minimum Gasteiger partial charge on any atom is -0.487 e. The SMILES string of the molecule is C[C@@H]1CN([C@@H](C)CO)S(=O)(=O)c2ccc(C#Cc3ccncc3)cc2O[C@H]1CN(C)C(=O)C1CCC1. The molecule has 1 aromatic carbocycles. The van der Waals surface area contributed by atoms with Crippen LogP contribution >= 0.6 is 0 Å². The van der Waals surface area contributed by atoms with E-state index in [4.69, 9.17) is 4.74 Å². The van der Waals surface area contributed by atoms with Gasteiger partial charge in [-0.1, -0.05) is 25.2 Å². The first-order valence-electron chi connectivity index (χ1n) is 12.3. The minimum absolute atomic E-state index is 0.0298. The van der Waals surface area contributed by atoms with Crippen LogP contribution in [0.4, 0.5) is 0 Å². The van der Waals surface area contributed by atoms with E-state index in [-0.39, 0.29) is 41.5 Å². The van der Waals surface area contributed by atoms with Crippen LogP contribution in [0.3, 0.4) is 0 Å². The number of aliphatic hydroxyl groups excluding tert-OH is 1. The molecule has 4 rings (SSSR count). The number of fused-ring (bicyclic) bond motifs is 1. The zero-order valence-electron chi connectivity index (χ0n) is 20.9. The molecule has 0 unspecified atom stereocenters. The molecule has 1 aliphatic heterocycles. The Morgan fingerprint density at radius 1 is 1.22 bits per heavy atom. The van der Waals surface area contributed by atoms with Crippen LogP contribution in [0, 0.1) is 23.7 Å². The van der Waals surface area contributed by atoms with Gasteiger partial charge in [0.15, 0.2) is 0 Å². The van der Waals surface area contributed by atoms with Gasteiger partial charge in [-0.15, -0.1) is 0 Å². The average Bonchev–Trinajstić information content (AvgIpc) is 2.83. The smallest absolute Gasteiger partial charge is 0.247 e. The molecule has 1 aliphatic carbocycles. The molecule has 1 fully saturated rings. The Hall–Kier alpha value is -2.93. The molecule has 0 spiro atoms. The third-order valence-corrected chi connectivity index (χ3v) is 9.00. The summed E-state index contributed by atoms with van der Waals surface area (Å²) in [4.78, 5) is 18.5. The third-order valence-electron chi connectivity index (χ3n) is 6.98. The van der Waals surface area contributed by atoms with Gasteiger partial charge in [-0.3, -0.25) is 9.78 Å². The first-order valence-corrected chi connectivity index (χ1v) is 13.7. The first-order chi connectivity index (χ1) is 17.2. The normalized spacial score (nSPS) is 22.4. The fraction of sp³-hybridized carbons (Fsp3) is 0.481.